The van der Waals surface area contributed by atoms with Gasteiger partial charge in [0.05, 0.1) is 0 Å². The Labute approximate surface area is 140 Å². The summed E-state index contributed by atoms with van der Waals surface area (Å²) in [5, 5.41) is 8.90. The van der Waals surface area contributed by atoms with E-state index in [4.69, 9.17) is 5.73 Å². The second-order valence-electron chi connectivity index (χ2n) is 6.00. The molecule has 1 fully saturated rings. The number of primary amides is 1. The summed E-state index contributed by atoms with van der Waals surface area (Å²) in [4.78, 5) is 11.9. The maximum absolute atomic E-state index is 11.9. The van der Waals surface area contributed by atoms with Crippen LogP contribution in [0.4, 0.5) is 0 Å². The minimum atomic E-state index is -0.442. The van der Waals surface area contributed by atoms with Crippen LogP contribution in [0.3, 0.4) is 0 Å². The van der Waals surface area contributed by atoms with Crippen LogP contribution in [0.2, 0.25) is 0 Å². The van der Waals surface area contributed by atoms with E-state index in [0.29, 0.717) is 6.04 Å². The molecule has 1 unspecified atom stereocenters. The normalized spacial score (nSPS) is 17.1. The highest BCUT2D eigenvalue weighted by atomic mass is 32.2. The second kappa shape index (κ2) is 7.17. The lowest BCUT2D eigenvalue weighted by atomic mass is 9.95. The summed E-state index contributed by atoms with van der Waals surface area (Å²) in [5.41, 5.74) is 6.54. The first kappa shape index (κ1) is 16.1. The van der Waals surface area contributed by atoms with E-state index >= 15 is 0 Å². The van der Waals surface area contributed by atoms with Gasteiger partial charge in [-0.05, 0) is 25.3 Å². The fraction of sp³-hybridized carbons (Fsp3) is 0.471. The van der Waals surface area contributed by atoms with Crippen molar-refractivity contribution >= 4 is 17.7 Å². The van der Waals surface area contributed by atoms with E-state index in [1.165, 1.54) is 31.0 Å². The predicted octanol–water partition coefficient (Wildman–Crippen LogP) is 3.41. The van der Waals surface area contributed by atoms with Crippen molar-refractivity contribution in [2.45, 2.75) is 55.5 Å². The van der Waals surface area contributed by atoms with Crippen LogP contribution in [0.25, 0.3) is 0 Å². The van der Waals surface area contributed by atoms with Crippen molar-refractivity contribution in [2.75, 3.05) is 0 Å². The first-order chi connectivity index (χ1) is 11.2. The predicted molar refractivity (Wildman–Crippen MR) is 91.1 cm³/mol. The third-order valence-corrected chi connectivity index (χ3v) is 5.59. The summed E-state index contributed by atoms with van der Waals surface area (Å²) in [5.74, 6) is 0.563. The molecular formula is C17H22N4OS. The van der Waals surface area contributed by atoms with Gasteiger partial charge in [-0.1, -0.05) is 61.4 Å². The Balaban J connectivity index is 1.88. The van der Waals surface area contributed by atoms with Gasteiger partial charge in [-0.2, -0.15) is 0 Å². The fourth-order valence-corrected chi connectivity index (χ4v) is 4.32. The van der Waals surface area contributed by atoms with Crippen LogP contribution in [0.1, 0.15) is 54.8 Å². The topological polar surface area (TPSA) is 73.8 Å². The number of rotatable bonds is 5. The maximum Gasteiger partial charge on any atom is 0.235 e. The molecule has 122 valence electrons. The van der Waals surface area contributed by atoms with Crippen LogP contribution >= 0.6 is 11.8 Å². The number of thioether (sulfide) groups is 1. The van der Waals surface area contributed by atoms with Gasteiger partial charge >= 0.3 is 0 Å². The van der Waals surface area contributed by atoms with Crippen LogP contribution in [-0.2, 0) is 4.79 Å². The molecule has 3 rings (SSSR count). The molecule has 0 bridgehead atoms. The number of aromatic nitrogens is 3. The minimum Gasteiger partial charge on any atom is -0.368 e. The molecule has 2 N–H and O–H groups in total. The summed E-state index contributed by atoms with van der Waals surface area (Å²) < 4.78 is 2.20. The Morgan fingerprint density at radius 2 is 1.91 bits per heavy atom. The molecule has 1 aliphatic rings. The highest BCUT2D eigenvalue weighted by Crippen LogP contribution is 2.38. The number of benzene rings is 1. The van der Waals surface area contributed by atoms with Crippen LogP contribution in [0, 0.1) is 6.92 Å². The van der Waals surface area contributed by atoms with E-state index in [1.54, 1.807) is 0 Å². The lowest BCUT2D eigenvalue weighted by molar-refractivity contribution is -0.117. The van der Waals surface area contributed by atoms with Gasteiger partial charge in [-0.3, -0.25) is 4.79 Å². The number of carbonyl (C=O) groups is 1. The van der Waals surface area contributed by atoms with Gasteiger partial charge in [0.25, 0.3) is 0 Å². The van der Waals surface area contributed by atoms with E-state index in [9.17, 15) is 4.79 Å². The van der Waals surface area contributed by atoms with Crippen molar-refractivity contribution in [2.24, 2.45) is 5.73 Å². The third-order valence-electron chi connectivity index (χ3n) is 4.36. The lowest BCUT2D eigenvalue weighted by Crippen LogP contribution is -2.20. The molecule has 1 amide bonds. The second-order valence-corrected chi connectivity index (χ2v) is 7.07. The molecule has 0 saturated heterocycles. The summed E-state index contributed by atoms with van der Waals surface area (Å²) in [6.07, 6.45) is 6.08. The van der Waals surface area contributed by atoms with E-state index < -0.39 is 5.25 Å². The largest absolute Gasteiger partial charge is 0.368 e. The molecule has 1 aliphatic carbocycles. The molecule has 1 atom stereocenters. The molecular weight excluding hydrogens is 308 g/mol. The zero-order valence-electron chi connectivity index (χ0n) is 13.3. The van der Waals surface area contributed by atoms with Crippen LogP contribution in [0.15, 0.2) is 35.5 Å². The van der Waals surface area contributed by atoms with Crippen molar-refractivity contribution in [3.63, 3.8) is 0 Å². The molecule has 0 spiro atoms. The number of hydrogen-bond acceptors (Lipinski definition) is 4. The van der Waals surface area contributed by atoms with E-state index in [1.807, 2.05) is 37.3 Å². The SMILES string of the molecule is Cc1nnc(SC(C(N)=O)c2ccccc2)n1C1CCCCC1. The van der Waals surface area contributed by atoms with Gasteiger partial charge in [0, 0.05) is 6.04 Å². The van der Waals surface area contributed by atoms with Gasteiger partial charge in [0.2, 0.25) is 5.91 Å². The zero-order valence-corrected chi connectivity index (χ0v) is 14.1. The van der Waals surface area contributed by atoms with Crippen molar-refractivity contribution in [1.82, 2.24) is 14.8 Å². The van der Waals surface area contributed by atoms with E-state index in [0.717, 1.165) is 29.4 Å². The molecule has 2 aromatic rings. The molecule has 6 heteroatoms. The number of nitrogens with zero attached hydrogens (tertiary/aromatic N) is 3. The van der Waals surface area contributed by atoms with E-state index in [2.05, 4.69) is 14.8 Å². The fourth-order valence-electron chi connectivity index (χ4n) is 3.21. The smallest absolute Gasteiger partial charge is 0.235 e. The monoisotopic (exact) mass is 330 g/mol. The molecule has 1 aromatic carbocycles. The highest BCUT2D eigenvalue weighted by Gasteiger charge is 2.26. The number of hydrogen-bond donors (Lipinski definition) is 1. The van der Waals surface area contributed by atoms with Crippen molar-refractivity contribution in [3.05, 3.63) is 41.7 Å². The summed E-state index contributed by atoms with van der Waals surface area (Å²) in [6.45, 7) is 1.98. The molecule has 23 heavy (non-hydrogen) atoms. The first-order valence-electron chi connectivity index (χ1n) is 8.09. The number of nitrogens with two attached hydrogens (primary N) is 1. The minimum absolute atomic E-state index is 0.350. The molecule has 1 aromatic heterocycles. The first-order valence-corrected chi connectivity index (χ1v) is 8.97. The Morgan fingerprint density at radius 3 is 2.57 bits per heavy atom. The Kier molecular flexibility index (Phi) is 5.00. The average molecular weight is 330 g/mol. The Bertz CT molecular complexity index is 664. The van der Waals surface area contributed by atoms with Crippen molar-refractivity contribution < 1.29 is 4.79 Å². The van der Waals surface area contributed by atoms with Crippen LogP contribution in [-0.4, -0.2) is 20.7 Å². The van der Waals surface area contributed by atoms with Crippen molar-refractivity contribution in [3.8, 4) is 0 Å². The summed E-state index contributed by atoms with van der Waals surface area (Å²) >= 11 is 1.41. The van der Waals surface area contributed by atoms with Crippen LogP contribution in [0.5, 0.6) is 0 Å². The van der Waals surface area contributed by atoms with Gasteiger partial charge in [-0.15, -0.1) is 10.2 Å². The standard InChI is InChI=1S/C17H22N4OS/c1-12-19-20-17(21(12)14-10-6-3-7-11-14)23-15(16(18)22)13-8-4-2-5-9-13/h2,4-5,8-9,14-15H,3,6-7,10-11H2,1H3,(H2,18,22). The third kappa shape index (κ3) is 3.58. The summed E-state index contributed by atoms with van der Waals surface area (Å²) in [7, 11) is 0. The molecule has 1 heterocycles. The number of amides is 1. The maximum atomic E-state index is 11.9. The quantitative estimate of drug-likeness (QED) is 0.853. The molecule has 1 saturated carbocycles. The number of aryl methyl sites for hydroxylation is 1. The van der Waals surface area contributed by atoms with Crippen LogP contribution < -0.4 is 5.73 Å². The molecule has 5 nitrogen and oxygen atoms in total. The number of carbonyl (C=O) groups excluding carboxylic acids is 1. The molecule has 0 aliphatic heterocycles. The zero-order chi connectivity index (χ0) is 16.2. The van der Waals surface area contributed by atoms with Gasteiger partial charge in [0.15, 0.2) is 5.16 Å². The van der Waals surface area contributed by atoms with Gasteiger partial charge in [0.1, 0.15) is 11.1 Å². The molecule has 0 radical (unpaired) electrons. The average Bonchev–Trinajstić information content (AvgIpc) is 2.94. The highest BCUT2D eigenvalue weighted by molar-refractivity contribution is 8.00. The van der Waals surface area contributed by atoms with Gasteiger partial charge in [-0.25, -0.2) is 0 Å². The van der Waals surface area contributed by atoms with Gasteiger partial charge < -0.3 is 10.3 Å². The Morgan fingerprint density at radius 1 is 1.22 bits per heavy atom. The summed E-state index contributed by atoms with van der Waals surface area (Å²) in [6, 6.07) is 10.1. The lowest BCUT2D eigenvalue weighted by Gasteiger charge is -2.25. The van der Waals surface area contributed by atoms with E-state index in [-0.39, 0.29) is 5.91 Å². The Hall–Kier alpha value is -1.82. The van der Waals surface area contributed by atoms with Crippen molar-refractivity contribution in [1.29, 1.82) is 0 Å².